The molecule has 1 aliphatic rings. The lowest BCUT2D eigenvalue weighted by Gasteiger charge is -2.31. The zero-order chi connectivity index (χ0) is 19.2. The number of ether oxygens (including phenoxy) is 2. The Morgan fingerprint density at radius 2 is 2.00 bits per heavy atom. The Bertz CT molecular complexity index is 810. The Morgan fingerprint density at radius 1 is 1.19 bits per heavy atom. The number of amides is 1. The van der Waals surface area contributed by atoms with E-state index in [0.717, 1.165) is 18.4 Å². The second kappa shape index (κ2) is 8.75. The number of nitrogens with zero attached hydrogens (tertiary/aromatic N) is 1. The summed E-state index contributed by atoms with van der Waals surface area (Å²) in [6.07, 6.45) is 1.73. The number of carbonyl (C=O) groups is 1. The van der Waals surface area contributed by atoms with Crippen LogP contribution in [0.15, 0.2) is 36.4 Å². The molecule has 0 fully saturated rings. The van der Waals surface area contributed by atoms with Gasteiger partial charge < -0.3 is 19.7 Å². The third-order valence-electron chi connectivity index (χ3n) is 4.43. The number of anilines is 2. The van der Waals surface area contributed by atoms with Gasteiger partial charge in [0.05, 0.1) is 31.1 Å². The zero-order valence-corrected chi connectivity index (χ0v) is 15.8. The van der Waals surface area contributed by atoms with E-state index < -0.39 is 0 Å². The molecule has 0 atom stereocenters. The first-order chi connectivity index (χ1) is 13.1. The Morgan fingerprint density at radius 3 is 2.78 bits per heavy atom. The minimum Gasteiger partial charge on any atom is -0.494 e. The molecule has 144 valence electrons. The summed E-state index contributed by atoms with van der Waals surface area (Å²) >= 11 is 0. The van der Waals surface area contributed by atoms with E-state index >= 15 is 0 Å². The average molecular weight is 372 g/mol. The highest BCUT2D eigenvalue weighted by atomic mass is 19.1. The molecule has 0 saturated carbocycles. The second-order valence-corrected chi connectivity index (χ2v) is 6.34. The molecule has 0 spiro atoms. The molecule has 1 aliphatic heterocycles. The Hall–Kier alpha value is -2.76. The second-order valence-electron chi connectivity index (χ2n) is 6.34. The predicted octanol–water partition coefficient (Wildman–Crippen LogP) is 4.01. The molecule has 0 radical (unpaired) electrons. The number of para-hydroxylation sites is 1. The molecule has 0 unspecified atom stereocenters. The van der Waals surface area contributed by atoms with E-state index in [9.17, 15) is 9.18 Å². The van der Waals surface area contributed by atoms with Crippen molar-refractivity contribution in [3.05, 3.63) is 47.8 Å². The first kappa shape index (κ1) is 19.0. The molecule has 5 nitrogen and oxygen atoms in total. The summed E-state index contributed by atoms with van der Waals surface area (Å²) in [6, 6.07) is 10.4. The van der Waals surface area contributed by atoms with Crippen LogP contribution >= 0.6 is 0 Å². The van der Waals surface area contributed by atoms with Crippen molar-refractivity contribution in [2.24, 2.45) is 0 Å². The number of benzene rings is 2. The van der Waals surface area contributed by atoms with E-state index in [1.807, 2.05) is 19.9 Å². The molecule has 1 heterocycles. The Kier molecular flexibility index (Phi) is 6.16. The normalized spacial score (nSPS) is 13.1. The van der Waals surface area contributed by atoms with Gasteiger partial charge in [-0.2, -0.15) is 0 Å². The third kappa shape index (κ3) is 4.51. The van der Waals surface area contributed by atoms with Crippen molar-refractivity contribution < 1.29 is 18.7 Å². The summed E-state index contributed by atoms with van der Waals surface area (Å²) in [6.45, 7) is 5.54. The van der Waals surface area contributed by atoms with E-state index in [1.165, 1.54) is 6.07 Å². The van der Waals surface area contributed by atoms with Crippen LogP contribution in [0.25, 0.3) is 0 Å². The summed E-state index contributed by atoms with van der Waals surface area (Å²) in [7, 11) is 0. The van der Waals surface area contributed by atoms with E-state index in [0.29, 0.717) is 42.6 Å². The summed E-state index contributed by atoms with van der Waals surface area (Å²) in [5.74, 6) is 0.735. The summed E-state index contributed by atoms with van der Waals surface area (Å²) in [5, 5.41) is 2.88. The van der Waals surface area contributed by atoms with Gasteiger partial charge in [0.2, 0.25) is 5.91 Å². The van der Waals surface area contributed by atoms with Crippen LogP contribution in [0.2, 0.25) is 0 Å². The molecule has 2 aromatic carbocycles. The lowest BCUT2D eigenvalue weighted by molar-refractivity contribution is -0.115. The van der Waals surface area contributed by atoms with Gasteiger partial charge in [0, 0.05) is 12.6 Å². The quantitative estimate of drug-likeness (QED) is 0.798. The molecule has 0 saturated heterocycles. The van der Waals surface area contributed by atoms with Crippen LogP contribution in [0.4, 0.5) is 15.8 Å². The van der Waals surface area contributed by atoms with Crippen molar-refractivity contribution >= 4 is 17.3 Å². The number of hydrogen-bond acceptors (Lipinski definition) is 4. The van der Waals surface area contributed by atoms with Crippen molar-refractivity contribution in [2.75, 3.05) is 36.5 Å². The van der Waals surface area contributed by atoms with Gasteiger partial charge in [0.15, 0.2) is 0 Å². The van der Waals surface area contributed by atoms with Crippen molar-refractivity contribution in [3.63, 3.8) is 0 Å². The fraction of sp³-hybridized carbons (Fsp3) is 0.381. The smallest absolute Gasteiger partial charge is 0.243 e. The van der Waals surface area contributed by atoms with Crippen LogP contribution in [0.3, 0.4) is 0 Å². The maximum Gasteiger partial charge on any atom is 0.243 e. The number of rotatable bonds is 7. The Labute approximate surface area is 159 Å². The van der Waals surface area contributed by atoms with Gasteiger partial charge in [-0.3, -0.25) is 4.79 Å². The average Bonchev–Trinajstić information content (AvgIpc) is 2.64. The fourth-order valence-corrected chi connectivity index (χ4v) is 3.35. The van der Waals surface area contributed by atoms with Crippen molar-refractivity contribution in [2.45, 2.75) is 26.7 Å². The van der Waals surface area contributed by atoms with Crippen molar-refractivity contribution in [1.29, 1.82) is 0 Å². The van der Waals surface area contributed by atoms with Gasteiger partial charge in [-0.1, -0.05) is 12.1 Å². The molecule has 0 aromatic heterocycles. The first-order valence-electron chi connectivity index (χ1n) is 9.34. The van der Waals surface area contributed by atoms with E-state index in [1.54, 1.807) is 29.2 Å². The highest BCUT2D eigenvalue weighted by Gasteiger charge is 2.22. The van der Waals surface area contributed by atoms with Crippen molar-refractivity contribution in [1.82, 2.24) is 0 Å². The minimum atomic E-state index is -0.284. The van der Waals surface area contributed by atoms with E-state index in [4.69, 9.17) is 9.47 Å². The van der Waals surface area contributed by atoms with Crippen LogP contribution in [-0.4, -0.2) is 32.2 Å². The SMILES string of the molecule is CCOc1ccc(OCC)c(NC(=O)CN2CCCc3cccc(F)c32)c1. The van der Waals surface area contributed by atoms with Gasteiger partial charge in [0.25, 0.3) is 0 Å². The third-order valence-corrected chi connectivity index (χ3v) is 4.43. The number of carbonyl (C=O) groups excluding carboxylic acids is 1. The number of hydrogen-bond donors (Lipinski definition) is 1. The summed E-state index contributed by atoms with van der Waals surface area (Å²) in [5.41, 5.74) is 2.04. The van der Waals surface area contributed by atoms with Gasteiger partial charge in [-0.25, -0.2) is 4.39 Å². The molecule has 1 N–H and O–H groups in total. The molecule has 2 aromatic rings. The minimum absolute atomic E-state index is 0.0817. The molecule has 1 amide bonds. The number of halogens is 1. The lowest BCUT2D eigenvalue weighted by Crippen LogP contribution is -2.37. The standard InChI is InChI=1S/C21H25FN2O3/c1-3-26-16-10-11-19(27-4-2)18(13-16)23-20(25)14-24-12-6-8-15-7-5-9-17(22)21(15)24/h5,7,9-11,13H,3-4,6,8,12,14H2,1-2H3,(H,23,25). The molecule has 6 heteroatoms. The summed E-state index contributed by atoms with van der Waals surface area (Å²) < 4.78 is 25.4. The highest BCUT2D eigenvalue weighted by Crippen LogP contribution is 2.31. The van der Waals surface area contributed by atoms with Gasteiger partial charge >= 0.3 is 0 Å². The van der Waals surface area contributed by atoms with Crippen LogP contribution in [0, 0.1) is 5.82 Å². The molecule has 0 bridgehead atoms. The van der Waals surface area contributed by atoms with Crippen LogP contribution in [0.1, 0.15) is 25.8 Å². The monoisotopic (exact) mass is 372 g/mol. The number of aryl methyl sites for hydroxylation is 1. The first-order valence-corrected chi connectivity index (χ1v) is 9.34. The number of fused-ring (bicyclic) bond motifs is 1. The number of nitrogens with one attached hydrogen (secondary N) is 1. The summed E-state index contributed by atoms with van der Waals surface area (Å²) in [4.78, 5) is 14.5. The molecular weight excluding hydrogens is 347 g/mol. The van der Waals surface area contributed by atoms with E-state index in [2.05, 4.69) is 5.32 Å². The van der Waals surface area contributed by atoms with Gasteiger partial charge in [0.1, 0.15) is 17.3 Å². The zero-order valence-electron chi connectivity index (χ0n) is 15.8. The van der Waals surface area contributed by atoms with Crippen LogP contribution < -0.4 is 19.7 Å². The highest BCUT2D eigenvalue weighted by molar-refractivity contribution is 5.95. The molecule has 3 rings (SSSR count). The lowest BCUT2D eigenvalue weighted by atomic mass is 10.0. The Balaban J connectivity index is 1.76. The predicted molar refractivity (Wildman–Crippen MR) is 104 cm³/mol. The fourth-order valence-electron chi connectivity index (χ4n) is 3.35. The van der Waals surface area contributed by atoms with Gasteiger partial charge in [-0.15, -0.1) is 0 Å². The van der Waals surface area contributed by atoms with Crippen LogP contribution in [0.5, 0.6) is 11.5 Å². The van der Waals surface area contributed by atoms with E-state index in [-0.39, 0.29) is 18.3 Å². The molecule has 27 heavy (non-hydrogen) atoms. The molecular formula is C21H25FN2O3. The van der Waals surface area contributed by atoms with Gasteiger partial charge in [-0.05, 0) is 50.5 Å². The molecule has 0 aliphatic carbocycles. The maximum absolute atomic E-state index is 14.3. The van der Waals surface area contributed by atoms with Crippen LogP contribution in [-0.2, 0) is 11.2 Å². The maximum atomic E-state index is 14.3. The topological polar surface area (TPSA) is 50.8 Å². The van der Waals surface area contributed by atoms with Crippen molar-refractivity contribution in [3.8, 4) is 11.5 Å². The largest absolute Gasteiger partial charge is 0.494 e.